The average Bonchev–Trinajstić information content (AvgIpc) is 2.55. The first-order valence-corrected chi connectivity index (χ1v) is 6.92. The van der Waals surface area contributed by atoms with Crippen LogP contribution in [0.4, 0.5) is 0 Å². The van der Waals surface area contributed by atoms with E-state index in [0.717, 1.165) is 9.50 Å². The zero-order valence-corrected chi connectivity index (χ0v) is 11.7. The van der Waals surface area contributed by atoms with Crippen LogP contribution in [0.25, 0.3) is 20.2 Å². The fraction of sp³-hybridized carbons (Fsp3) is 0.0769. The fourth-order valence-corrected chi connectivity index (χ4v) is 3.78. The molecule has 1 heterocycles. The Hall–Kier alpha value is -0.570. The van der Waals surface area contributed by atoms with Crippen molar-refractivity contribution in [3.63, 3.8) is 0 Å². The molecule has 0 aliphatic heterocycles. The highest BCUT2D eigenvalue weighted by molar-refractivity contribution is 9.10. The summed E-state index contributed by atoms with van der Waals surface area (Å²) in [5.74, 6) is 0. The summed E-state index contributed by atoms with van der Waals surface area (Å²) in [7, 11) is 0. The molecule has 0 bridgehead atoms. The number of halogens is 2. The lowest BCUT2D eigenvalue weighted by Crippen LogP contribution is -1.74. The van der Waals surface area contributed by atoms with Gasteiger partial charge < -0.3 is 0 Å². The van der Waals surface area contributed by atoms with Gasteiger partial charge in [0, 0.05) is 29.7 Å². The highest BCUT2D eigenvalue weighted by Gasteiger charge is 2.07. The van der Waals surface area contributed by atoms with Crippen LogP contribution >= 0.6 is 38.9 Å². The first-order valence-electron chi connectivity index (χ1n) is 4.93. The van der Waals surface area contributed by atoms with E-state index in [4.69, 9.17) is 11.6 Å². The predicted molar refractivity (Wildman–Crippen MR) is 76.8 cm³/mol. The van der Waals surface area contributed by atoms with Crippen molar-refractivity contribution in [3.05, 3.63) is 45.4 Å². The molecule has 0 saturated heterocycles. The summed E-state index contributed by atoms with van der Waals surface area (Å²) in [5.41, 5.74) is 1.27. The molecule has 0 aliphatic carbocycles. The van der Waals surface area contributed by atoms with E-state index in [-0.39, 0.29) is 0 Å². The van der Waals surface area contributed by atoms with Crippen LogP contribution in [-0.2, 0) is 0 Å². The second-order valence-corrected chi connectivity index (χ2v) is 6.21. The van der Waals surface area contributed by atoms with Gasteiger partial charge in [-0.15, -0.1) is 11.3 Å². The Labute approximate surface area is 111 Å². The van der Waals surface area contributed by atoms with E-state index >= 15 is 0 Å². The molecule has 3 rings (SSSR count). The van der Waals surface area contributed by atoms with Gasteiger partial charge in [-0.25, -0.2) is 0 Å². The number of hydrogen-bond acceptors (Lipinski definition) is 1. The lowest BCUT2D eigenvalue weighted by molar-refractivity contribution is 1.47. The minimum atomic E-state index is 0.801. The van der Waals surface area contributed by atoms with Gasteiger partial charge in [0.05, 0.1) is 0 Å². The minimum absolute atomic E-state index is 0.801. The Balaban J connectivity index is 2.51. The van der Waals surface area contributed by atoms with Crippen LogP contribution in [-0.4, -0.2) is 0 Å². The smallest absolute Gasteiger partial charge is 0.0420 e. The Morgan fingerprint density at radius 1 is 1.06 bits per heavy atom. The van der Waals surface area contributed by atoms with Crippen LogP contribution < -0.4 is 0 Å². The van der Waals surface area contributed by atoms with Gasteiger partial charge in [0.1, 0.15) is 0 Å². The molecule has 0 unspecified atom stereocenters. The molecule has 0 saturated carbocycles. The quantitative estimate of drug-likeness (QED) is 0.494. The molecule has 3 heteroatoms. The van der Waals surface area contributed by atoms with Gasteiger partial charge in [0.25, 0.3) is 0 Å². The zero-order chi connectivity index (χ0) is 11.3. The van der Waals surface area contributed by atoms with Crippen molar-refractivity contribution in [1.82, 2.24) is 0 Å². The van der Waals surface area contributed by atoms with Crippen LogP contribution in [0.1, 0.15) is 5.56 Å². The number of benzene rings is 2. The highest BCUT2D eigenvalue weighted by atomic mass is 79.9. The Morgan fingerprint density at radius 3 is 2.62 bits per heavy atom. The molecule has 0 atom stereocenters. The summed E-state index contributed by atoms with van der Waals surface area (Å²) >= 11 is 11.4. The maximum atomic E-state index is 6.01. The molecular weight excluding hydrogens is 304 g/mol. The molecule has 0 amide bonds. The number of rotatable bonds is 0. The molecule has 0 nitrogen and oxygen atoms in total. The molecule has 80 valence electrons. The van der Waals surface area contributed by atoms with Crippen molar-refractivity contribution < 1.29 is 0 Å². The van der Waals surface area contributed by atoms with Crippen molar-refractivity contribution in [1.29, 1.82) is 0 Å². The van der Waals surface area contributed by atoms with E-state index in [0.29, 0.717) is 0 Å². The summed E-state index contributed by atoms with van der Waals surface area (Å²) < 4.78 is 3.72. The summed E-state index contributed by atoms with van der Waals surface area (Å²) in [5, 5.41) is 3.41. The molecule has 0 aliphatic rings. The van der Waals surface area contributed by atoms with Crippen LogP contribution in [0.15, 0.2) is 34.8 Å². The van der Waals surface area contributed by atoms with Gasteiger partial charge in [-0.3, -0.25) is 0 Å². The molecule has 2 aromatic carbocycles. The highest BCUT2D eigenvalue weighted by Crippen LogP contribution is 2.37. The van der Waals surface area contributed by atoms with Crippen LogP contribution in [0.5, 0.6) is 0 Å². The molecule has 0 fully saturated rings. The average molecular weight is 312 g/mol. The van der Waals surface area contributed by atoms with Crippen molar-refractivity contribution in [2.45, 2.75) is 6.92 Å². The van der Waals surface area contributed by atoms with Crippen LogP contribution in [0, 0.1) is 6.92 Å². The second-order valence-electron chi connectivity index (χ2n) is 3.84. The first-order chi connectivity index (χ1) is 7.65. The van der Waals surface area contributed by atoms with Gasteiger partial charge >= 0.3 is 0 Å². The Kier molecular flexibility index (Phi) is 2.46. The van der Waals surface area contributed by atoms with Gasteiger partial charge in [-0.1, -0.05) is 33.6 Å². The van der Waals surface area contributed by atoms with E-state index in [1.54, 1.807) is 11.3 Å². The monoisotopic (exact) mass is 310 g/mol. The minimum Gasteiger partial charge on any atom is -0.135 e. The van der Waals surface area contributed by atoms with Gasteiger partial charge in [-0.2, -0.15) is 0 Å². The van der Waals surface area contributed by atoms with E-state index in [1.807, 2.05) is 12.1 Å². The van der Waals surface area contributed by atoms with E-state index < -0.39 is 0 Å². The number of fused-ring (bicyclic) bond motifs is 3. The lowest BCUT2D eigenvalue weighted by atomic mass is 10.1. The maximum absolute atomic E-state index is 6.01. The molecule has 16 heavy (non-hydrogen) atoms. The third kappa shape index (κ3) is 1.56. The third-order valence-corrected chi connectivity index (χ3v) is 4.92. The molecule has 3 aromatic rings. The second kappa shape index (κ2) is 3.73. The van der Waals surface area contributed by atoms with E-state index in [9.17, 15) is 0 Å². The normalized spacial score (nSPS) is 11.4. The summed E-state index contributed by atoms with van der Waals surface area (Å²) in [6.07, 6.45) is 0. The maximum Gasteiger partial charge on any atom is 0.0420 e. The van der Waals surface area contributed by atoms with Crippen molar-refractivity contribution in [2.75, 3.05) is 0 Å². The Morgan fingerprint density at radius 2 is 1.81 bits per heavy atom. The van der Waals surface area contributed by atoms with E-state index in [2.05, 4.69) is 41.1 Å². The number of hydrogen-bond donors (Lipinski definition) is 0. The molecule has 0 spiro atoms. The zero-order valence-electron chi connectivity index (χ0n) is 8.55. The lowest BCUT2D eigenvalue weighted by Gasteiger charge is -1.98. The summed E-state index contributed by atoms with van der Waals surface area (Å²) in [6.45, 7) is 2.11. The van der Waals surface area contributed by atoms with Crippen molar-refractivity contribution in [2.24, 2.45) is 0 Å². The van der Waals surface area contributed by atoms with E-state index in [1.165, 1.54) is 25.7 Å². The summed E-state index contributed by atoms with van der Waals surface area (Å²) in [6, 6.07) is 10.5. The number of aryl methyl sites for hydroxylation is 1. The van der Waals surface area contributed by atoms with Crippen molar-refractivity contribution in [3.8, 4) is 0 Å². The third-order valence-electron chi connectivity index (χ3n) is 2.71. The van der Waals surface area contributed by atoms with Crippen molar-refractivity contribution >= 4 is 59.0 Å². The molecular formula is C13H8BrClS. The fourth-order valence-electron chi connectivity index (χ4n) is 1.88. The SMILES string of the molecule is Cc1cc2c(cc1Br)sc1cc(Cl)ccc12. The Bertz CT molecular complexity index is 700. The standard InChI is InChI=1S/C13H8BrClS/c1-7-4-10-9-3-2-8(15)5-12(9)16-13(10)6-11(7)14/h2-6H,1H3. The van der Waals surface area contributed by atoms with Gasteiger partial charge in [0.2, 0.25) is 0 Å². The molecule has 0 N–H and O–H groups in total. The predicted octanol–water partition coefficient (Wildman–Crippen LogP) is 5.78. The van der Waals surface area contributed by atoms with Crippen LogP contribution in [0.3, 0.4) is 0 Å². The topological polar surface area (TPSA) is 0 Å². The first kappa shape index (κ1) is 10.6. The molecule has 1 aromatic heterocycles. The number of thiophene rings is 1. The van der Waals surface area contributed by atoms with Crippen LogP contribution in [0.2, 0.25) is 5.02 Å². The summed E-state index contributed by atoms with van der Waals surface area (Å²) in [4.78, 5) is 0. The van der Waals surface area contributed by atoms with Gasteiger partial charge in [0.15, 0.2) is 0 Å². The molecule has 0 radical (unpaired) electrons. The largest absolute Gasteiger partial charge is 0.135 e. The van der Waals surface area contributed by atoms with Gasteiger partial charge in [-0.05, 0) is 36.8 Å².